The van der Waals surface area contributed by atoms with Crippen molar-refractivity contribution in [3.8, 4) is 0 Å². The Hall–Kier alpha value is -2.02. The van der Waals surface area contributed by atoms with E-state index in [1.54, 1.807) is 0 Å². The Morgan fingerprint density at radius 2 is 2.00 bits per heavy atom. The molecule has 1 amide bonds. The number of carbonyl (C=O) groups excluding carboxylic acids is 1. The number of carboxylic acids is 1. The number of carboxylic acid groups (broad SMARTS) is 1. The molecule has 0 radical (unpaired) electrons. The third-order valence-electron chi connectivity index (χ3n) is 2.48. The highest BCUT2D eigenvalue weighted by molar-refractivity contribution is 5.96. The lowest BCUT2D eigenvalue weighted by Gasteiger charge is -2.12. The van der Waals surface area contributed by atoms with E-state index < -0.39 is 40.8 Å². The Morgan fingerprint density at radius 1 is 1.37 bits per heavy atom. The first-order valence-electron chi connectivity index (χ1n) is 5.65. The predicted molar refractivity (Wildman–Crippen MR) is 64.8 cm³/mol. The number of carbonyl (C=O) groups is 2. The third-order valence-corrected chi connectivity index (χ3v) is 2.48. The van der Waals surface area contributed by atoms with Crippen molar-refractivity contribution < 1.29 is 23.5 Å². The molecule has 0 aromatic heterocycles. The largest absolute Gasteiger partial charge is 0.478 e. The zero-order valence-electron chi connectivity index (χ0n) is 10.2. The van der Waals surface area contributed by atoms with Crippen LogP contribution in [0.3, 0.4) is 0 Å². The summed E-state index contributed by atoms with van der Waals surface area (Å²) in [6.07, 6.45) is 1.07. The first-order chi connectivity index (χ1) is 8.86. The van der Waals surface area contributed by atoms with Gasteiger partial charge in [0.05, 0.1) is 17.3 Å². The minimum Gasteiger partial charge on any atom is -0.478 e. The van der Waals surface area contributed by atoms with Gasteiger partial charge in [-0.15, -0.1) is 0 Å². The Bertz CT molecular complexity index is 506. The number of rotatable bonds is 5. The Labute approximate surface area is 108 Å². The van der Waals surface area contributed by atoms with Crippen LogP contribution in [0.2, 0.25) is 0 Å². The number of nitrogens with one attached hydrogen (secondary N) is 1. The quantitative estimate of drug-likeness (QED) is 0.761. The van der Waals surface area contributed by atoms with E-state index in [1.807, 2.05) is 6.92 Å². The zero-order chi connectivity index (χ0) is 14.6. The summed E-state index contributed by atoms with van der Waals surface area (Å²) in [6.45, 7) is 1.83. The summed E-state index contributed by atoms with van der Waals surface area (Å²) in [6, 6.07) is 0.302. The van der Waals surface area contributed by atoms with Crippen LogP contribution in [0.1, 0.15) is 30.1 Å². The monoisotopic (exact) mass is 272 g/mol. The summed E-state index contributed by atoms with van der Waals surface area (Å²) in [5.74, 6) is -4.46. The van der Waals surface area contributed by atoms with Crippen LogP contribution in [-0.2, 0) is 4.79 Å². The summed E-state index contributed by atoms with van der Waals surface area (Å²) in [4.78, 5) is 22.3. The molecule has 0 heterocycles. The van der Waals surface area contributed by atoms with E-state index in [1.165, 1.54) is 0 Å². The second-order valence-corrected chi connectivity index (χ2v) is 4.00. The third kappa shape index (κ3) is 3.72. The van der Waals surface area contributed by atoms with Crippen LogP contribution in [0.25, 0.3) is 0 Å². The molecule has 5 nitrogen and oxygen atoms in total. The van der Waals surface area contributed by atoms with Gasteiger partial charge in [0.2, 0.25) is 5.91 Å². The van der Waals surface area contributed by atoms with E-state index >= 15 is 0 Å². The van der Waals surface area contributed by atoms with Crippen molar-refractivity contribution in [3.63, 3.8) is 0 Å². The zero-order valence-corrected chi connectivity index (χ0v) is 10.2. The molecule has 0 spiro atoms. The maximum atomic E-state index is 13.4. The first kappa shape index (κ1) is 15.0. The number of anilines is 1. The lowest BCUT2D eigenvalue weighted by Crippen LogP contribution is -2.35. The fourth-order valence-corrected chi connectivity index (χ4v) is 1.48. The Kier molecular flexibility index (Phi) is 4.94. The van der Waals surface area contributed by atoms with Crippen LogP contribution in [0.4, 0.5) is 14.5 Å². The molecular weight excluding hydrogens is 258 g/mol. The minimum absolute atomic E-state index is 0.403. The maximum Gasteiger partial charge on any atom is 0.338 e. The molecule has 0 fully saturated rings. The van der Waals surface area contributed by atoms with Crippen molar-refractivity contribution >= 4 is 17.6 Å². The molecule has 19 heavy (non-hydrogen) atoms. The highest BCUT2D eigenvalue weighted by Gasteiger charge is 2.18. The van der Waals surface area contributed by atoms with Gasteiger partial charge < -0.3 is 16.2 Å². The molecule has 4 N–H and O–H groups in total. The van der Waals surface area contributed by atoms with E-state index in [4.69, 9.17) is 10.8 Å². The van der Waals surface area contributed by atoms with Crippen LogP contribution < -0.4 is 11.1 Å². The van der Waals surface area contributed by atoms with Crippen LogP contribution >= 0.6 is 0 Å². The van der Waals surface area contributed by atoms with Crippen LogP contribution in [0.5, 0.6) is 0 Å². The smallest absolute Gasteiger partial charge is 0.338 e. The van der Waals surface area contributed by atoms with E-state index in [9.17, 15) is 18.4 Å². The van der Waals surface area contributed by atoms with Gasteiger partial charge in [-0.3, -0.25) is 4.79 Å². The predicted octanol–water partition coefficient (Wildman–Crippen LogP) is 1.73. The number of hydrogen-bond donors (Lipinski definition) is 3. The average Bonchev–Trinajstić information content (AvgIpc) is 2.32. The second-order valence-electron chi connectivity index (χ2n) is 4.00. The molecule has 0 bridgehead atoms. The molecule has 104 valence electrons. The van der Waals surface area contributed by atoms with Crippen molar-refractivity contribution in [2.75, 3.05) is 5.32 Å². The van der Waals surface area contributed by atoms with Gasteiger partial charge in [0.15, 0.2) is 0 Å². The van der Waals surface area contributed by atoms with Crippen molar-refractivity contribution in [3.05, 3.63) is 29.3 Å². The fourth-order valence-electron chi connectivity index (χ4n) is 1.48. The van der Waals surface area contributed by atoms with Gasteiger partial charge in [0, 0.05) is 6.07 Å². The molecule has 0 saturated carbocycles. The number of aromatic carboxylic acids is 1. The Balaban J connectivity index is 2.98. The lowest BCUT2D eigenvalue weighted by molar-refractivity contribution is -0.117. The standard InChI is InChI=1S/C12H14F2N2O3/c1-2-3-9(15)11(17)16-10-4-6(12(18)19)7(13)5-8(10)14/h4-5,9H,2-3,15H2,1H3,(H,16,17)(H,18,19)/t9-/m0/s1. The molecule has 1 rings (SSSR count). The molecule has 0 aliphatic carbocycles. The molecule has 7 heteroatoms. The van der Waals surface area contributed by atoms with Crippen LogP contribution in [-0.4, -0.2) is 23.0 Å². The summed E-state index contributed by atoms with van der Waals surface area (Å²) in [7, 11) is 0. The van der Waals surface area contributed by atoms with Gasteiger partial charge in [-0.05, 0) is 12.5 Å². The van der Waals surface area contributed by atoms with Crippen molar-refractivity contribution in [2.24, 2.45) is 5.73 Å². The highest BCUT2D eigenvalue weighted by Crippen LogP contribution is 2.20. The summed E-state index contributed by atoms with van der Waals surface area (Å²) >= 11 is 0. The van der Waals surface area contributed by atoms with Gasteiger partial charge in [-0.2, -0.15) is 0 Å². The molecule has 0 aliphatic rings. The fraction of sp³-hybridized carbons (Fsp3) is 0.333. The Morgan fingerprint density at radius 3 is 2.53 bits per heavy atom. The normalized spacial score (nSPS) is 12.0. The number of nitrogens with two attached hydrogens (primary N) is 1. The second kappa shape index (κ2) is 6.24. The van der Waals surface area contributed by atoms with Crippen molar-refractivity contribution in [2.45, 2.75) is 25.8 Å². The van der Waals surface area contributed by atoms with E-state index in [0.717, 1.165) is 6.07 Å². The summed E-state index contributed by atoms with van der Waals surface area (Å²) in [5, 5.41) is 10.9. The van der Waals surface area contributed by atoms with Crippen LogP contribution in [0, 0.1) is 11.6 Å². The highest BCUT2D eigenvalue weighted by atomic mass is 19.1. The topological polar surface area (TPSA) is 92.4 Å². The molecule has 1 aromatic rings. The van der Waals surface area contributed by atoms with Crippen LogP contribution in [0.15, 0.2) is 12.1 Å². The van der Waals surface area contributed by atoms with E-state index in [-0.39, 0.29) is 0 Å². The van der Waals surface area contributed by atoms with Gasteiger partial charge >= 0.3 is 5.97 Å². The SMILES string of the molecule is CCC[C@H](N)C(=O)Nc1cc(C(=O)O)c(F)cc1F. The summed E-state index contributed by atoms with van der Waals surface area (Å²) in [5.41, 5.74) is 4.40. The lowest BCUT2D eigenvalue weighted by atomic mass is 10.1. The molecule has 0 saturated heterocycles. The number of benzene rings is 1. The van der Waals surface area contributed by atoms with E-state index in [0.29, 0.717) is 18.9 Å². The van der Waals surface area contributed by atoms with Gasteiger partial charge in [0.25, 0.3) is 0 Å². The average molecular weight is 272 g/mol. The number of amides is 1. The minimum atomic E-state index is -1.55. The van der Waals surface area contributed by atoms with Gasteiger partial charge in [-0.1, -0.05) is 13.3 Å². The number of halogens is 2. The van der Waals surface area contributed by atoms with Gasteiger partial charge in [0.1, 0.15) is 11.6 Å². The molecule has 1 aromatic carbocycles. The number of hydrogen-bond acceptors (Lipinski definition) is 3. The van der Waals surface area contributed by atoms with Crippen molar-refractivity contribution in [1.29, 1.82) is 0 Å². The van der Waals surface area contributed by atoms with Crippen molar-refractivity contribution in [1.82, 2.24) is 0 Å². The first-order valence-corrected chi connectivity index (χ1v) is 5.65. The maximum absolute atomic E-state index is 13.4. The molecule has 0 unspecified atom stereocenters. The molecular formula is C12H14F2N2O3. The molecule has 0 aliphatic heterocycles. The molecule has 1 atom stereocenters. The van der Waals surface area contributed by atoms with E-state index in [2.05, 4.69) is 5.32 Å². The summed E-state index contributed by atoms with van der Waals surface area (Å²) < 4.78 is 26.6. The van der Waals surface area contributed by atoms with Gasteiger partial charge in [-0.25, -0.2) is 13.6 Å².